The molecule has 3 heteroatoms. The van der Waals surface area contributed by atoms with Crippen LogP contribution in [-0.2, 0) is 6.54 Å². The van der Waals surface area contributed by atoms with Gasteiger partial charge in [0.2, 0.25) is 0 Å². The number of aromatic nitrogens is 2. The van der Waals surface area contributed by atoms with Crippen molar-refractivity contribution in [3.05, 3.63) is 18.0 Å². The van der Waals surface area contributed by atoms with Gasteiger partial charge in [0, 0.05) is 36.4 Å². The molecule has 3 atom stereocenters. The molecule has 0 aromatic carbocycles. The van der Waals surface area contributed by atoms with Crippen LogP contribution in [0.2, 0.25) is 0 Å². The lowest BCUT2D eigenvalue weighted by molar-refractivity contribution is 0.477. The number of aryl methyl sites for hydroxylation is 1. The van der Waals surface area contributed by atoms with Crippen LogP contribution in [0.25, 0.3) is 0 Å². The summed E-state index contributed by atoms with van der Waals surface area (Å²) in [5, 5.41) is 8.10. The summed E-state index contributed by atoms with van der Waals surface area (Å²) in [6, 6.07) is 3.46. The molecule has 0 amide bonds. The lowest BCUT2D eigenvalue weighted by atomic mass is 9.94. The Balaban J connectivity index is 2.18. The second-order valence-electron chi connectivity index (χ2n) is 4.90. The Labute approximate surface area is 98.2 Å². The highest BCUT2D eigenvalue weighted by Gasteiger charge is 2.32. The average Bonchev–Trinajstić information content (AvgIpc) is 2.84. The van der Waals surface area contributed by atoms with Crippen LogP contribution in [-0.4, -0.2) is 21.9 Å². The minimum atomic E-state index is 0.627. The van der Waals surface area contributed by atoms with E-state index >= 15 is 0 Å². The normalized spacial score (nSPS) is 29.8. The minimum absolute atomic E-state index is 0.627. The Bertz CT molecular complexity index is 332. The summed E-state index contributed by atoms with van der Waals surface area (Å²) in [6.07, 6.45) is 5.54. The summed E-state index contributed by atoms with van der Waals surface area (Å²) in [7, 11) is 0. The molecule has 2 heterocycles. The number of nitrogens with zero attached hydrogens (tertiary/aromatic N) is 2. The van der Waals surface area contributed by atoms with E-state index in [4.69, 9.17) is 0 Å². The molecule has 0 aliphatic carbocycles. The fourth-order valence-corrected chi connectivity index (χ4v) is 2.88. The quantitative estimate of drug-likeness (QED) is 0.846. The number of hydrogen-bond acceptors (Lipinski definition) is 2. The van der Waals surface area contributed by atoms with Gasteiger partial charge in [-0.2, -0.15) is 5.10 Å². The van der Waals surface area contributed by atoms with E-state index < -0.39 is 0 Å². The van der Waals surface area contributed by atoms with Crippen molar-refractivity contribution in [1.29, 1.82) is 0 Å². The van der Waals surface area contributed by atoms with E-state index in [1.54, 1.807) is 0 Å². The SMILES string of the molecule is CCCn1nccc1C1CC(C)NC1CC. The van der Waals surface area contributed by atoms with Crippen LogP contribution in [0.3, 0.4) is 0 Å². The van der Waals surface area contributed by atoms with Gasteiger partial charge in [-0.1, -0.05) is 13.8 Å². The molecule has 1 aliphatic rings. The highest BCUT2D eigenvalue weighted by atomic mass is 15.3. The first-order valence-electron chi connectivity index (χ1n) is 6.54. The van der Waals surface area contributed by atoms with Gasteiger partial charge in [0.15, 0.2) is 0 Å². The molecule has 1 N–H and O–H groups in total. The molecule has 2 rings (SSSR count). The lowest BCUT2D eigenvalue weighted by Crippen LogP contribution is -2.29. The molecular weight excluding hydrogens is 198 g/mol. The highest BCUT2D eigenvalue weighted by molar-refractivity contribution is 5.14. The molecular formula is C13H23N3. The Morgan fingerprint density at radius 1 is 1.50 bits per heavy atom. The minimum Gasteiger partial charge on any atom is -0.311 e. The van der Waals surface area contributed by atoms with Gasteiger partial charge in [0.05, 0.1) is 0 Å². The van der Waals surface area contributed by atoms with Gasteiger partial charge >= 0.3 is 0 Å². The fraction of sp³-hybridized carbons (Fsp3) is 0.769. The van der Waals surface area contributed by atoms with Crippen LogP contribution in [0.15, 0.2) is 12.3 Å². The van der Waals surface area contributed by atoms with Crippen LogP contribution in [0.1, 0.15) is 51.6 Å². The fourth-order valence-electron chi connectivity index (χ4n) is 2.88. The standard InChI is InChI=1S/C13H23N3/c1-4-8-16-13(6-7-14-16)11-9-10(3)15-12(11)5-2/h6-7,10-12,15H,4-5,8-9H2,1-3H3. The molecule has 0 spiro atoms. The van der Waals surface area contributed by atoms with Crippen LogP contribution < -0.4 is 5.32 Å². The topological polar surface area (TPSA) is 29.9 Å². The molecule has 3 nitrogen and oxygen atoms in total. The second kappa shape index (κ2) is 5.00. The third-order valence-corrected chi connectivity index (χ3v) is 3.60. The maximum atomic E-state index is 4.43. The Hall–Kier alpha value is -0.830. The molecule has 1 aromatic rings. The van der Waals surface area contributed by atoms with Crippen LogP contribution in [0.5, 0.6) is 0 Å². The molecule has 90 valence electrons. The van der Waals surface area contributed by atoms with E-state index in [1.165, 1.54) is 18.5 Å². The Morgan fingerprint density at radius 3 is 3.00 bits per heavy atom. The Kier molecular flexibility index (Phi) is 3.64. The van der Waals surface area contributed by atoms with Crippen molar-refractivity contribution in [2.75, 3.05) is 0 Å². The van der Waals surface area contributed by atoms with Crippen molar-refractivity contribution < 1.29 is 0 Å². The van der Waals surface area contributed by atoms with Gasteiger partial charge in [0.1, 0.15) is 0 Å². The van der Waals surface area contributed by atoms with Gasteiger partial charge in [-0.15, -0.1) is 0 Å². The van der Waals surface area contributed by atoms with Crippen molar-refractivity contribution in [1.82, 2.24) is 15.1 Å². The van der Waals surface area contributed by atoms with Crippen LogP contribution in [0, 0.1) is 0 Å². The third kappa shape index (κ3) is 2.14. The molecule has 3 unspecified atom stereocenters. The molecule has 1 saturated heterocycles. The van der Waals surface area contributed by atoms with Gasteiger partial charge < -0.3 is 5.32 Å². The van der Waals surface area contributed by atoms with Crippen molar-refractivity contribution in [2.45, 2.75) is 64.6 Å². The largest absolute Gasteiger partial charge is 0.311 e. The average molecular weight is 221 g/mol. The van der Waals surface area contributed by atoms with Crippen LogP contribution >= 0.6 is 0 Å². The number of hydrogen-bond donors (Lipinski definition) is 1. The van der Waals surface area contributed by atoms with E-state index in [0.717, 1.165) is 13.0 Å². The number of rotatable bonds is 4. The molecule has 16 heavy (non-hydrogen) atoms. The second-order valence-corrected chi connectivity index (χ2v) is 4.90. The summed E-state index contributed by atoms with van der Waals surface area (Å²) in [5.74, 6) is 0.647. The van der Waals surface area contributed by atoms with Crippen molar-refractivity contribution in [3.8, 4) is 0 Å². The van der Waals surface area contributed by atoms with Crippen molar-refractivity contribution in [3.63, 3.8) is 0 Å². The van der Waals surface area contributed by atoms with E-state index in [0.29, 0.717) is 18.0 Å². The van der Waals surface area contributed by atoms with Gasteiger partial charge in [-0.25, -0.2) is 0 Å². The first-order valence-corrected chi connectivity index (χ1v) is 6.54. The van der Waals surface area contributed by atoms with E-state index in [1.807, 2.05) is 6.20 Å². The lowest BCUT2D eigenvalue weighted by Gasteiger charge is -2.19. The molecule has 1 aliphatic heterocycles. The summed E-state index contributed by atoms with van der Waals surface area (Å²) in [5.41, 5.74) is 1.42. The van der Waals surface area contributed by atoms with Gasteiger partial charge in [-0.3, -0.25) is 4.68 Å². The molecule has 0 saturated carbocycles. The Morgan fingerprint density at radius 2 is 2.31 bits per heavy atom. The van der Waals surface area contributed by atoms with Crippen molar-refractivity contribution in [2.24, 2.45) is 0 Å². The first kappa shape index (κ1) is 11.6. The summed E-state index contributed by atoms with van der Waals surface area (Å²) in [4.78, 5) is 0. The maximum absolute atomic E-state index is 4.43. The summed E-state index contributed by atoms with van der Waals surface area (Å²) < 4.78 is 2.19. The highest BCUT2D eigenvalue weighted by Crippen LogP contribution is 2.32. The summed E-state index contributed by atoms with van der Waals surface area (Å²) in [6.45, 7) is 7.80. The zero-order valence-electron chi connectivity index (χ0n) is 10.6. The molecule has 0 bridgehead atoms. The monoisotopic (exact) mass is 221 g/mol. The maximum Gasteiger partial charge on any atom is 0.0492 e. The smallest absolute Gasteiger partial charge is 0.0492 e. The third-order valence-electron chi connectivity index (χ3n) is 3.60. The zero-order chi connectivity index (χ0) is 11.5. The molecule has 1 fully saturated rings. The first-order chi connectivity index (χ1) is 7.76. The summed E-state index contributed by atoms with van der Waals surface area (Å²) >= 11 is 0. The molecule has 1 aromatic heterocycles. The van der Waals surface area contributed by atoms with Gasteiger partial charge in [-0.05, 0) is 32.3 Å². The van der Waals surface area contributed by atoms with E-state index in [-0.39, 0.29) is 0 Å². The predicted octanol–water partition coefficient (Wildman–Crippen LogP) is 2.54. The number of nitrogens with one attached hydrogen (secondary N) is 1. The van der Waals surface area contributed by atoms with E-state index in [2.05, 4.69) is 41.9 Å². The molecule has 0 radical (unpaired) electrons. The van der Waals surface area contributed by atoms with Gasteiger partial charge in [0.25, 0.3) is 0 Å². The van der Waals surface area contributed by atoms with E-state index in [9.17, 15) is 0 Å². The predicted molar refractivity (Wildman–Crippen MR) is 66.6 cm³/mol. The van der Waals surface area contributed by atoms with Crippen molar-refractivity contribution >= 4 is 0 Å². The zero-order valence-corrected chi connectivity index (χ0v) is 10.6. The van der Waals surface area contributed by atoms with Crippen LogP contribution in [0.4, 0.5) is 0 Å².